The van der Waals surface area contributed by atoms with Crippen LogP contribution >= 0.6 is 12.2 Å². The van der Waals surface area contributed by atoms with Gasteiger partial charge in [0.05, 0.1) is 5.56 Å². The van der Waals surface area contributed by atoms with Gasteiger partial charge in [-0.05, 0) is 54.0 Å². The highest BCUT2D eigenvalue weighted by molar-refractivity contribution is 7.71. The first-order valence-corrected chi connectivity index (χ1v) is 8.84. The van der Waals surface area contributed by atoms with Gasteiger partial charge in [-0.2, -0.15) is 0 Å². The summed E-state index contributed by atoms with van der Waals surface area (Å²) in [5.74, 6) is 0.687. The third-order valence-corrected chi connectivity index (χ3v) is 4.56. The number of pyridine rings is 1. The Kier molecular flexibility index (Phi) is 4.55. The molecule has 0 unspecified atom stereocenters. The van der Waals surface area contributed by atoms with Crippen LogP contribution in [0.15, 0.2) is 47.5 Å². The predicted octanol–water partition coefficient (Wildman–Crippen LogP) is 2.50. The first kappa shape index (κ1) is 17.2. The summed E-state index contributed by atoms with van der Waals surface area (Å²) in [4.78, 5) is 33.8. The predicted molar refractivity (Wildman–Crippen MR) is 102 cm³/mol. The van der Waals surface area contributed by atoms with Crippen molar-refractivity contribution in [3.05, 3.63) is 80.1 Å². The van der Waals surface area contributed by atoms with Crippen molar-refractivity contribution in [3.63, 3.8) is 0 Å². The topological polar surface area (TPSA) is 99.9 Å². The minimum absolute atomic E-state index is 0.180. The molecule has 4 rings (SSSR count). The van der Waals surface area contributed by atoms with Crippen molar-refractivity contribution in [2.75, 3.05) is 6.54 Å². The van der Waals surface area contributed by atoms with E-state index in [2.05, 4.69) is 20.3 Å². The number of ether oxygens (including phenoxy) is 1. The molecule has 1 aliphatic rings. The first-order valence-electron chi connectivity index (χ1n) is 8.43. The van der Waals surface area contributed by atoms with E-state index in [1.165, 1.54) is 0 Å². The van der Waals surface area contributed by atoms with E-state index in [4.69, 9.17) is 17.0 Å². The van der Waals surface area contributed by atoms with Crippen LogP contribution < -0.4 is 15.6 Å². The molecule has 3 aromatic rings. The van der Waals surface area contributed by atoms with Crippen LogP contribution in [0.3, 0.4) is 0 Å². The number of nitrogens with one attached hydrogen (secondary N) is 3. The lowest BCUT2D eigenvalue weighted by Gasteiger charge is -2.19. The summed E-state index contributed by atoms with van der Waals surface area (Å²) in [5.41, 5.74) is 2.67. The van der Waals surface area contributed by atoms with Gasteiger partial charge in [0.15, 0.2) is 4.77 Å². The van der Waals surface area contributed by atoms with Gasteiger partial charge >= 0.3 is 0 Å². The molecule has 0 atom stereocenters. The Balaban J connectivity index is 1.48. The number of H-pyrrole nitrogens is 2. The summed E-state index contributed by atoms with van der Waals surface area (Å²) in [7, 11) is 0. The second kappa shape index (κ2) is 7.16. The molecular weight excluding hydrogens is 364 g/mol. The molecule has 1 amide bonds. The maximum atomic E-state index is 12.4. The molecule has 0 bridgehead atoms. The number of aromatic nitrogens is 3. The van der Waals surface area contributed by atoms with Crippen molar-refractivity contribution in [1.29, 1.82) is 0 Å². The minimum Gasteiger partial charge on any atom is -0.440 e. The summed E-state index contributed by atoms with van der Waals surface area (Å²) >= 11 is 4.98. The van der Waals surface area contributed by atoms with E-state index < -0.39 is 0 Å². The molecule has 0 fully saturated rings. The number of amides is 1. The third kappa shape index (κ3) is 3.65. The Morgan fingerprint density at radius 2 is 2.04 bits per heavy atom. The number of nitrogens with zero attached hydrogens (tertiary/aromatic N) is 1. The Morgan fingerprint density at radius 1 is 1.22 bits per heavy atom. The number of fused-ring (bicyclic) bond motifs is 2. The molecule has 1 aliphatic heterocycles. The number of benzene rings is 1. The van der Waals surface area contributed by atoms with Gasteiger partial charge in [0.2, 0.25) is 5.88 Å². The average molecular weight is 380 g/mol. The molecule has 0 spiro atoms. The zero-order valence-corrected chi connectivity index (χ0v) is 15.1. The Hall–Kier alpha value is -3.26. The van der Waals surface area contributed by atoms with Crippen LogP contribution in [-0.2, 0) is 12.8 Å². The van der Waals surface area contributed by atoms with Crippen molar-refractivity contribution in [1.82, 2.24) is 20.3 Å². The van der Waals surface area contributed by atoms with Gasteiger partial charge in [-0.3, -0.25) is 19.6 Å². The zero-order chi connectivity index (χ0) is 18.8. The summed E-state index contributed by atoms with van der Waals surface area (Å²) in [6.45, 7) is 0.520. The van der Waals surface area contributed by atoms with Crippen LogP contribution in [0.1, 0.15) is 27.0 Å². The molecule has 7 nitrogen and oxygen atoms in total. The number of carbonyl (C=O) groups excluding carboxylic acids is 1. The van der Waals surface area contributed by atoms with E-state index in [1.807, 2.05) is 12.1 Å². The SMILES string of the molecule is O=C(NCCc1ccncc1)c1ccc2c(c1)Oc1[nH]c(=S)[nH]c(=O)c1C2. The standard InChI is InChI=1S/C19H16N4O3S/c24-16(21-8-5-11-3-6-20-7-4-11)13-2-1-12-9-14-17(25)22-19(27)23-18(14)26-15(12)10-13/h1-4,6-7,10H,5,8-9H2,(H,21,24)(H2,22,23,25,27). The second-order valence-corrected chi connectivity index (χ2v) is 6.59. The van der Waals surface area contributed by atoms with Crippen molar-refractivity contribution < 1.29 is 9.53 Å². The number of carbonyl (C=O) groups is 1. The molecule has 2 aromatic heterocycles. The number of aromatic amines is 2. The fraction of sp³-hybridized carbons (Fsp3) is 0.158. The minimum atomic E-state index is -0.266. The summed E-state index contributed by atoms with van der Waals surface area (Å²) in [6, 6.07) is 9.05. The van der Waals surface area contributed by atoms with Gasteiger partial charge in [0.1, 0.15) is 5.75 Å². The molecule has 0 radical (unpaired) electrons. The fourth-order valence-corrected chi connectivity index (χ4v) is 3.13. The largest absolute Gasteiger partial charge is 0.440 e. The van der Waals surface area contributed by atoms with Crippen molar-refractivity contribution in [2.45, 2.75) is 12.8 Å². The molecular formula is C19H16N4O3S. The normalized spacial score (nSPS) is 11.9. The fourth-order valence-electron chi connectivity index (χ4n) is 2.95. The highest BCUT2D eigenvalue weighted by atomic mass is 32.1. The molecule has 136 valence electrons. The lowest BCUT2D eigenvalue weighted by atomic mass is 10.0. The highest BCUT2D eigenvalue weighted by Gasteiger charge is 2.21. The summed E-state index contributed by atoms with van der Waals surface area (Å²) in [6.07, 6.45) is 4.59. The Morgan fingerprint density at radius 3 is 2.85 bits per heavy atom. The van der Waals surface area contributed by atoms with Gasteiger partial charge in [-0.1, -0.05) is 6.07 Å². The molecule has 0 saturated heterocycles. The molecule has 1 aromatic carbocycles. The van der Waals surface area contributed by atoms with Crippen LogP contribution in [0.5, 0.6) is 11.6 Å². The van der Waals surface area contributed by atoms with Gasteiger partial charge in [0, 0.05) is 30.9 Å². The monoisotopic (exact) mass is 380 g/mol. The van der Waals surface area contributed by atoms with Crippen LogP contribution in [0, 0.1) is 4.77 Å². The lowest BCUT2D eigenvalue weighted by molar-refractivity contribution is 0.0954. The quantitative estimate of drug-likeness (QED) is 0.473. The van der Waals surface area contributed by atoms with E-state index in [9.17, 15) is 9.59 Å². The molecule has 0 aliphatic carbocycles. The van der Waals surface area contributed by atoms with Gasteiger partial charge in [0.25, 0.3) is 11.5 Å². The van der Waals surface area contributed by atoms with E-state index in [0.29, 0.717) is 35.7 Å². The third-order valence-electron chi connectivity index (χ3n) is 4.36. The van der Waals surface area contributed by atoms with Crippen molar-refractivity contribution in [2.24, 2.45) is 0 Å². The number of rotatable bonds is 4. The first-order chi connectivity index (χ1) is 13.1. The van der Waals surface area contributed by atoms with Gasteiger partial charge in [-0.15, -0.1) is 0 Å². The molecule has 3 N–H and O–H groups in total. The van der Waals surface area contributed by atoms with Crippen LogP contribution in [0.2, 0.25) is 0 Å². The number of hydrogen-bond donors (Lipinski definition) is 3. The maximum Gasteiger partial charge on any atom is 0.259 e. The summed E-state index contributed by atoms with van der Waals surface area (Å²) < 4.78 is 5.98. The van der Waals surface area contributed by atoms with Gasteiger partial charge < -0.3 is 15.0 Å². The van der Waals surface area contributed by atoms with Crippen LogP contribution in [-0.4, -0.2) is 27.4 Å². The number of hydrogen-bond acceptors (Lipinski definition) is 5. The van der Waals surface area contributed by atoms with Crippen LogP contribution in [0.25, 0.3) is 0 Å². The van der Waals surface area contributed by atoms with Gasteiger partial charge in [-0.25, -0.2) is 0 Å². The lowest BCUT2D eigenvalue weighted by Crippen LogP contribution is -2.26. The molecule has 0 saturated carbocycles. The Labute approximate surface area is 159 Å². The second-order valence-electron chi connectivity index (χ2n) is 6.18. The highest BCUT2D eigenvalue weighted by Crippen LogP contribution is 2.33. The average Bonchev–Trinajstić information content (AvgIpc) is 2.67. The molecule has 8 heteroatoms. The van der Waals surface area contributed by atoms with Crippen LogP contribution in [0.4, 0.5) is 0 Å². The zero-order valence-electron chi connectivity index (χ0n) is 14.2. The van der Waals surface area contributed by atoms with E-state index in [1.54, 1.807) is 30.6 Å². The summed E-state index contributed by atoms with van der Waals surface area (Å²) in [5, 5.41) is 2.90. The van der Waals surface area contributed by atoms with E-state index in [0.717, 1.165) is 17.5 Å². The van der Waals surface area contributed by atoms with E-state index in [-0.39, 0.29) is 16.2 Å². The smallest absolute Gasteiger partial charge is 0.259 e. The molecule has 27 heavy (non-hydrogen) atoms. The Bertz CT molecular complexity index is 1120. The van der Waals surface area contributed by atoms with Crippen molar-refractivity contribution >= 4 is 18.1 Å². The van der Waals surface area contributed by atoms with E-state index >= 15 is 0 Å². The van der Waals surface area contributed by atoms with Crippen molar-refractivity contribution in [3.8, 4) is 11.6 Å². The maximum absolute atomic E-state index is 12.4. The molecule has 3 heterocycles.